The second-order valence-corrected chi connectivity index (χ2v) is 6.05. The normalized spacial score (nSPS) is 20.7. The quantitative estimate of drug-likeness (QED) is 0.900. The Morgan fingerprint density at radius 1 is 1.47 bits per heavy atom. The number of benzene rings is 1. The number of hydrogen-bond acceptors (Lipinski definition) is 3. The van der Waals surface area contributed by atoms with Gasteiger partial charge in [-0.15, -0.1) is 0 Å². The molecule has 1 unspecified atom stereocenters. The van der Waals surface area contributed by atoms with Gasteiger partial charge < -0.3 is 10.1 Å². The Morgan fingerprint density at radius 3 is 3.00 bits per heavy atom. The van der Waals surface area contributed by atoms with Gasteiger partial charge in [0.25, 0.3) is 0 Å². The molecular weight excluding hydrogens is 304 g/mol. The number of ether oxygens (including phenoxy) is 1. The molecular formula is C15H23BrN2O. The van der Waals surface area contributed by atoms with Gasteiger partial charge in [0.05, 0.1) is 6.10 Å². The second-order valence-electron chi connectivity index (χ2n) is 5.19. The molecule has 0 radical (unpaired) electrons. The summed E-state index contributed by atoms with van der Waals surface area (Å²) in [6.45, 7) is 4.13. The van der Waals surface area contributed by atoms with Crippen LogP contribution in [0.5, 0.6) is 0 Å². The number of methoxy groups -OCH3 is 1. The summed E-state index contributed by atoms with van der Waals surface area (Å²) in [7, 11) is 3.79. The van der Waals surface area contributed by atoms with Crippen molar-refractivity contribution in [3.8, 4) is 0 Å². The molecule has 1 N–H and O–H groups in total. The van der Waals surface area contributed by atoms with Crippen LogP contribution in [-0.2, 0) is 17.8 Å². The van der Waals surface area contributed by atoms with Crippen LogP contribution in [0.3, 0.4) is 0 Å². The van der Waals surface area contributed by atoms with Crippen molar-refractivity contribution in [3.63, 3.8) is 0 Å². The first-order valence-corrected chi connectivity index (χ1v) is 7.69. The van der Waals surface area contributed by atoms with Crippen molar-refractivity contribution in [2.75, 3.05) is 27.2 Å². The van der Waals surface area contributed by atoms with Gasteiger partial charge in [-0.3, -0.25) is 4.90 Å². The van der Waals surface area contributed by atoms with E-state index in [-0.39, 0.29) is 0 Å². The van der Waals surface area contributed by atoms with Gasteiger partial charge in [-0.1, -0.05) is 28.1 Å². The minimum absolute atomic E-state index is 0.399. The lowest BCUT2D eigenvalue weighted by Gasteiger charge is -2.32. The van der Waals surface area contributed by atoms with Crippen LogP contribution in [0.2, 0.25) is 0 Å². The first-order valence-electron chi connectivity index (χ1n) is 6.90. The summed E-state index contributed by atoms with van der Waals surface area (Å²) in [4.78, 5) is 2.48. The molecule has 1 saturated heterocycles. The maximum atomic E-state index is 5.48. The molecule has 1 atom stereocenters. The number of nitrogens with one attached hydrogen (secondary N) is 1. The lowest BCUT2D eigenvalue weighted by molar-refractivity contribution is 0.0285. The molecule has 1 aliphatic rings. The molecule has 0 spiro atoms. The minimum atomic E-state index is 0.399. The van der Waals surface area contributed by atoms with Crippen LogP contribution in [-0.4, -0.2) is 38.3 Å². The standard InChI is InChI=1S/C15H23BrN2O/c1-17-9-12-5-6-13(15(16)8-12)10-18-7-3-4-14(11-18)19-2/h5-6,8,14,17H,3-4,7,9-11H2,1-2H3. The molecule has 1 aromatic rings. The van der Waals surface area contributed by atoms with Crippen LogP contribution in [0.15, 0.2) is 22.7 Å². The van der Waals surface area contributed by atoms with Crippen LogP contribution in [0.4, 0.5) is 0 Å². The third-order valence-electron chi connectivity index (χ3n) is 3.69. The molecule has 0 saturated carbocycles. The van der Waals surface area contributed by atoms with Crippen molar-refractivity contribution in [2.24, 2.45) is 0 Å². The Labute approximate surface area is 124 Å². The molecule has 0 aliphatic carbocycles. The molecule has 1 heterocycles. The monoisotopic (exact) mass is 326 g/mol. The van der Waals surface area contributed by atoms with E-state index in [2.05, 4.69) is 44.3 Å². The number of piperidine rings is 1. The first-order chi connectivity index (χ1) is 9.22. The second kappa shape index (κ2) is 7.39. The number of likely N-dealkylation sites (tertiary alicyclic amines) is 1. The molecule has 1 aromatic carbocycles. The summed E-state index contributed by atoms with van der Waals surface area (Å²) in [6.07, 6.45) is 2.82. The van der Waals surface area contributed by atoms with Crippen molar-refractivity contribution in [2.45, 2.75) is 32.0 Å². The highest BCUT2D eigenvalue weighted by atomic mass is 79.9. The first kappa shape index (κ1) is 15.0. The van der Waals surface area contributed by atoms with Crippen molar-refractivity contribution >= 4 is 15.9 Å². The lowest BCUT2D eigenvalue weighted by atomic mass is 10.1. The van der Waals surface area contributed by atoms with Crippen molar-refractivity contribution in [3.05, 3.63) is 33.8 Å². The summed E-state index contributed by atoms with van der Waals surface area (Å²) in [5.41, 5.74) is 2.67. The average molecular weight is 327 g/mol. The maximum absolute atomic E-state index is 5.48. The van der Waals surface area contributed by atoms with E-state index >= 15 is 0 Å². The molecule has 2 rings (SSSR count). The predicted octanol–water partition coefficient (Wildman–Crippen LogP) is 2.78. The topological polar surface area (TPSA) is 24.5 Å². The minimum Gasteiger partial charge on any atom is -0.380 e. The number of nitrogens with zero attached hydrogens (tertiary/aromatic N) is 1. The summed E-state index contributed by atoms with van der Waals surface area (Å²) in [5, 5.41) is 3.18. The third-order valence-corrected chi connectivity index (χ3v) is 4.43. The smallest absolute Gasteiger partial charge is 0.0698 e. The van der Waals surface area contributed by atoms with E-state index in [0.29, 0.717) is 6.10 Å². The van der Waals surface area contributed by atoms with Gasteiger partial charge in [0.15, 0.2) is 0 Å². The van der Waals surface area contributed by atoms with E-state index in [1.54, 1.807) is 0 Å². The van der Waals surface area contributed by atoms with Gasteiger partial charge in [-0.05, 0) is 43.6 Å². The number of halogens is 1. The molecule has 1 aliphatic heterocycles. The lowest BCUT2D eigenvalue weighted by Crippen LogP contribution is -2.38. The maximum Gasteiger partial charge on any atom is 0.0698 e. The van der Waals surface area contributed by atoms with E-state index in [1.807, 2.05) is 14.2 Å². The molecule has 19 heavy (non-hydrogen) atoms. The van der Waals surface area contributed by atoms with Crippen LogP contribution in [0.1, 0.15) is 24.0 Å². The number of hydrogen-bond donors (Lipinski definition) is 1. The largest absolute Gasteiger partial charge is 0.380 e. The van der Waals surface area contributed by atoms with Gasteiger partial charge in [0, 0.05) is 31.2 Å². The Kier molecular flexibility index (Phi) is 5.82. The van der Waals surface area contributed by atoms with E-state index in [1.165, 1.54) is 35.0 Å². The Bertz CT molecular complexity index is 411. The van der Waals surface area contributed by atoms with E-state index in [0.717, 1.165) is 19.6 Å². The van der Waals surface area contributed by atoms with Crippen molar-refractivity contribution < 1.29 is 4.74 Å². The molecule has 1 fully saturated rings. The van der Waals surface area contributed by atoms with Crippen LogP contribution < -0.4 is 5.32 Å². The van der Waals surface area contributed by atoms with Crippen molar-refractivity contribution in [1.82, 2.24) is 10.2 Å². The summed E-state index contributed by atoms with van der Waals surface area (Å²) >= 11 is 3.69. The van der Waals surface area contributed by atoms with Gasteiger partial charge in [0.1, 0.15) is 0 Å². The van der Waals surface area contributed by atoms with Crippen LogP contribution in [0, 0.1) is 0 Å². The fourth-order valence-electron chi connectivity index (χ4n) is 2.62. The Balaban J connectivity index is 1.98. The molecule has 0 amide bonds. The summed E-state index contributed by atoms with van der Waals surface area (Å²) < 4.78 is 6.69. The van der Waals surface area contributed by atoms with Crippen LogP contribution >= 0.6 is 15.9 Å². The van der Waals surface area contributed by atoms with Crippen LogP contribution in [0.25, 0.3) is 0 Å². The number of rotatable bonds is 5. The fourth-order valence-corrected chi connectivity index (χ4v) is 3.17. The highest BCUT2D eigenvalue weighted by Crippen LogP contribution is 2.22. The summed E-state index contributed by atoms with van der Waals surface area (Å²) in [6, 6.07) is 6.64. The van der Waals surface area contributed by atoms with Gasteiger partial charge in [0.2, 0.25) is 0 Å². The van der Waals surface area contributed by atoms with Crippen molar-refractivity contribution in [1.29, 1.82) is 0 Å². The van der Waals surface area contributed by atoms with E-state index in [4.69, 9.17) is 4.74 Å². The highest BCUT2D eigenvalue weighted by molar-refractivity contribution is 9.10. The zero-order valence-electron chi connectivity index (χ0n) is 11.8. The van der Waals surface area contributed by atoms with Gasteiger partial charge in [-0.2, -0.15) is 0 Å². The zero-order chi connectivity index (χ0) is 13.7. The highest BCUT2D eigenvalue weighted by Gasteiger charge is 2.19. The van der Waals surface area contributed by atoms with E-state index < -0.39 is 0 Å². The third kappa shape index (κ3) is 4.28. The predicted molar refractivity (Wildman–Crippen MR) is 82.2 cm³/mol. The Morgan fingerprint density at radius 2 is 2.32 bits per heavy atom. The molecule has 4 heteroatoms. The van der Waals surface area contributed by atoms with E-state index in [9.17, 15) is 0 Å². The Hall–Kier alpha value is -0.420. The zero-order valence-corrected chi connectivity index (χ0v) is 13.4. The fraction of sp³-hybridized carbons (Fsp3) is 0.600. The molecule has 0 aromatic heterocycles. The average Bonchev–Trinajstić information content (AvgIpc) is 2.42. The molecule has 3 nitrogen and oxygen atoms in total. The van der Waals surface area contributed by atoms with Gasteiger partial charge >= 0.3 is 0 Å². The van der Waals surface area contributed by atoms with Gasteiger partial charge in [-0.25, -0.2) is 0 Å². The molecule has 0 bridgehead atoms. The summed E-state index contributed by atoms with van der Waals surface area (Å²) in [5.74, 6) is 0. The molecule has 106 valence electrons. The SMILES string of the molecule is CNCc1ccc(CN2CCCC(OC)C2)c(Br)c1.